The van der Waals surface area contributed by atoms with Gasteiger partial charge in [0.15, 0.2) is 0 Å². The molecule has 0 aromatic rings. The highest BCUT2D eigenvalue weighted by Gasteiger charge is 1.98. The molecule has 0 amide bonds. The fourth-order valence-electron chi connectivity index (χ4n) is 0.639. The SMILES string of the molecule is NC(=S)CCCCNS(N)(=O)=O. The van der Waals surface area contributed by atoms with E-state index >= 15 is 0 Å². The van der Waals surface area contributed by atoms with Crippen LogP contribution < -0.4 is 15.6 Å². The van der Waals surface area contributed by atoms with Crippen LogP contribution in [0.15, 0.2) is 0 Å². The molecule has 0 heterocycles. The van der Waals surface area contributed by atoms with Gasteiger partial charge in [-0.2, -0.15) is 8.42 Å². The number of hydrogen-bond acceptors (Lipinski definition) is 3. The van der Waals surface area contributed by atoms with E-state index < -0.39 is 10.2 Å². The average molecular weight is 211 g/mol. The van der Waals surface area contributed by atoms with Crippen molar-refractivity contribution < 1.29 is 8.42 Å². The van der Waals surface area contributed by atoms with Gasteiger partial charge in [0, 0.05) is 6.54 Å². The molecule has 0 saturated heterocycles. The summed E-state index contributed by atoms with van der Waals surface area (Å²) in [5.74, 6) is 0. The zero-order chi connectivity index (χ0) is 9.61. The van der Waals surface area contributed by atoms with Crippen molar-refractivity contribution in [1.82, 2.24) is 4.72 Å². The van der Waals surface area contributed by atoms with Crippen LogP contribution in [0.3, 0.4) is 0 Å². The Morgan fingerprint density at radius 1 is 1.42 bits per heavy atom. The molecule has 0 fully saturated rings. The van der Waals surface area contributed by atoms with Crippen molar-refractivity contribution in [2.24, 2.45) is 10.9 Å². The highest BCUT2D eigenvalue weighted by molar-refractivity contribution is 7.87. The molecule has 12 heavy (non-hydrogen) atoms. The molecule has 0 radical (unpaired) electrons. The summed E-state index contributed by atoms with van der Waals surface area (Å²) in [4.78, 5) is 0.450. The largest absolute Gasteiger partial charge is 0.393 e. The van der Waals surface area contributed by atoms with Crippen LogP contribution in [0.1, 0.15) is 19.3 Å². The fraction of sp³-hybridized carbons (Fsp3) is 0.800. The minimum atomic E-state index is -3.54. The zero-order valence-corrected chi connectivity index (χ0v) is 8.25. The van der Waals surface area contributed by atoms with E-state index in [0.29, 0.717) is 24.4 Å². The van der Waals surface area contributed by atoms with Crippen molar-refractivity contribution in [1.29, 1.82) is 0 Å². The standard InChI is InChI=1S/C5H13N3O2S2/c6-5(11)3-1-2-4-8-12(7,9)10/h8H,1-4H2,(H2,6,11)(H2,7,9,10). The van der Waals surface area contributed by atoms with Crippen LogP contribution in [-0.4, -0.2) is 20.0 Å². The van der Waals surface area contributed by atoms with Gasteiger partial charge >= 0.3 is 0 Å². The summed E-state index contributed by atoms with van der Waals surface area (Å²) in [7, 11) is -3.54. The predicted molar refractivity (Wildman–Crippen MR) is 51.7 cm³/mol. The predicted octanol–water partition coefficient (Wildman–Crippen LogP) is -0.764. The minimum Gasteiger partial charge on any atom is -0.393 e. The maximum Gasteiger partial charge on any atom is 0.274 e. The highest BCUT2D eigenvalue weighted by atomic mass is 32.2. The first kappa shape index (κ1) is 11.8. The topological polar surface area (TPSA) is 98.2 Å². The first-order valence-electron chi connectivity index (χ1n) is 3.47. The molecule has 0 aromatic carbocycles. The lowest BCUT2D eigenvalue weighted by Gasteiger charge is -2.00. The summed E-state index contributed by atoms with van der Waals surface area (Å²) in [5, 5.41) is 4.69. The molecule has 0 aliphatic heterocycles. The number of thiocarbonyl (C=S) groups is 1. The van der Waals surface area contributed by atoms with Crippen LogP contribution >= 0.6 is 12.2 Å². The summed E-state index contributed by atoms with van der Waals surface area (Å²) in [6.07, 6.45) is 2.10. The van der Waals surface area contributed by atoms with E-state index in [9.17, 15) is 8.42 Å². The molecule has 0 unspecified atom stereocenters. The third-order valence-electron chi connectivity index (χ3n) is 1.15. The van der Waals surface area contributed by atoms with E-state index in [-0.39, 0.29) is 0 Å². The lowest BCUT2D eigenvalue weighted by Crippen LogP contribution is -2.31. The number of nitrogens with two attached hydrogens (primary N) is 2. The zero-order valence-electron chi connectivity index (χ0n) is 6.62. The summed E-state index contributed by atoms with van der Waals surface area (Å²) in [5.41, 5.74) is 5.23. The molecule has 0 aliphatic rings. The Hall–Kier alpha value is -0.240. The minimum absolute atomic E-state index is 0.335. The van der Waals surface area contributed by atoms with Gasteiger partial charge in [0.2, 0.25) is 0 Å². The fourth-order valence-corrected chi connectivity index (χ4v) is 1.21. The Bertz CT molecular complexity index is 237. The first-order valence-corrected chi connectivity index (χ1v) is 5.43. The molecule has 5 nitrogen and oxygen atoms in total. The molecular weight excluding hydrogens is 198 g/mol. The van der Waals surface area contributed by atoms with Crippen LogP contribution in [0.25, 0.3) is 0 Å². The Balaban J connectivity index is 3.29. The third kappa shape index (κ3) is 9.76. The van der Waals surface area contributed by atoms with E-state index in [0.717, 1.165) is 6.42 Å². The lowest BCUT2D eigenvalue weighted by atomic mass is 10.2. The molecular formula is C5H13N3O2S2. The molecule has 0 rings (SSSR count). The smallest absolute Gasteiger partial charge is 0.274 e. The molecule has 5 N–H and O–H groups in total. The quantitative estimate of drug-likeness (QED) is 0.397. The van der Waals surface area contributed by atoms with Crippen molar-refractivity contribution in [2.45, 2.75) is 19.3 Å². The second kappa shape index (κ2) is 5.41. The molecule has 0 spiro atoms. The molecule has 7 heteroatoms. The summed E-state index contributed by atoms with van der Waals surface area (Å²) in [6.45, 7) is 0.335. The molecule has 0 saturated carbocycles. The van der Waals surface area contributed by atoms with Gasteiger partial charge in [0.05, 0.1) is 4.99 Å². The molecule has 0 atom stereocenters. The summed E-state index contributed by atoms with van der Waals surface area (Å²) >= 11 is 4.63. The molecule has 0 aliphatic carbocycles. The van der Waals surface area contributed by atoms with Crippen LogP contribution in [0.5, 0.6) is 0 Å². The van der Waals surface area contributed by atoms with Crippen LogP contribution in [0, 0.1) is 0 Å². The number of hydrogen-bond donors (Lipinski definition) is 3. The van der Waals surface area contributed by atoms with Crippen molar-refractivity contribution in [3.8, 4) is 0 Å². The van der Waals surface area contributed by atoms with E-state index in [2.05, 4.69) is 22.1 Å². The second-order valence-electron chi connectivity index (χ2n) is 2.36. The normalized spacial score (nSPS) is 11.4. The average Bonchev–Trinajstić information content (AvgIpc) is 1.83. The van der Waals surface area contributed by atoms with E-state index in [1.165, 1.54) is 0 Å². The van der Waals surface area contributed by atoms with Crippen LogP contribution in [0.4, 0.5) is 0 Å². The molecule has 0 bridgehead atoms. The summed E-state index contributed by atoms with van der Waals surface area (Å²) in [6, 6.07) is 0. The lowest BCUT2D eigenvalue weighted by molar-refractivity contribution is 0.579. The Kier molecular flexibility index (Phi) is 5.31. The molecule has 72 valence electrons. The third-order valence-corrected chi connectivity index (χ3v) is 1.96. The van der Waals surface area contributed by atoms with Crippen LogP contribution in [-0.2, 0) is 10.2 Å². The van der Waals surface area contributed by atoms with Crippen molar-refractivity contribution in [3.05, 3.63) is 0 Å². The van der Waals surface area contributed by atoms with Crippen molar-refractivity contribution >= 4 is 27.4 Å². The van der Waals surface area contributed by atoms with Gasteiger partial charge in [0.25, 0.3) is 10.2 Å². The number of rotatable bonds is 6. The monoisotopic (exact) mass is 211 g/mol. The van der Waals surface area contributed by atoms with Crippen molar-refractivity contribution in [3.63, 3.8) is 0 Å². The second-order valence-corrected chi connectivity index (χ2v) is 4.27. The number of unbranched alkanes of at least 4 members (excludes halogenated alkanes) is 1. The van der Waals surface area contributed by atoms with Gasteiger partial charge in [-0.1, -0.05) is 12.2 Å². The van der Waals surface area contributed by atoms with Gasteiger partial charge in [-0.3, -0.25) is 0 Å². The van der Waals surface area contributed by atoms with Crippen molar-refractivity contribution in [2.75, 3.05) is 6.54 Å². The van der Waals surface area contributed by atoms with Gasteiger partial charge in [-0.05, 0) is 19.3 Å². The van der Waals surface area contributed by atoms with E-state index in [1.807, 2.05) is 0 Å². The summed E-state index contributed by atoms with van der Waals surface area (Å²) < 4.78 is 22.9. The van der Waals surface area contributed by atoms with Crippen LogP contribution in [0.2, 0.25) is 0 Å². The van der Waals surface area contributed by atoms with Gasteiger partial charge in [0.1, 0.15) is 0 Å². The molecule has 0 aromatic heterocycles. The highest BCUT2D eigenvalue weighted by Crippen LogP contribution is 1.93. The number of nitrogens with one attached hydrogen (secondary N) is 1. The van der Waals surface area contributed by atoms with Gasteiger partial charge in [-0.25, -0.2) is 9.86 Å². The first-order chi connectivity index (χ1) is 5.42. The Morgan fingerprint density at radius 3 is 2.42 bits per heavy atom. The van der Waals surface area contributed by atoms with E-state index in [1.54, 1.807) is 0 Å². The maximum atomic E-state index is 10.3. The van der Waals surface area contributed by atoms with Gasteiger partial charge in [-0.15, -0.1) is 0 Å². The van der Waals surface area contributed by atoms with Gasteiger partial charge < -0.3 is 5.73 Å². The Labute approximate surface area is 77.7 Å². The Morgan fingerprint density at radius 2 is 2.00 bits per heavy atom. The van der Waals surface area contributed by atoms with E-state index in [4.69, 9.17) is 5.73 Å². The maximum absolute atomic E-state index is 10.3.